The van der Waals surface area contributed by atoms with Gasteiger partial charge in [0.2, 0.25) is 0 Å². The molecule has 2 fully saturated rings. The van der Waals surface area contributed by atoms with Crippen molar-refractivity contribution in [2.24, 2.45) is 11.8 Å². The fourth-order valence-corrected chi connectivity index (χ4v) is 12.2. The van der Waals surface area contributed by atoms with Crippen LogP contribution < -0.4 is 0 Å². The minimum Gasteiger partial charge on any atom is -0.396 e. The van der Waals surface area contributed by atoms with Crippen LogP contribution in [0.25, 0.3) is 43.8 Å². The van der Waals surface area contributed by atoms with Crippen molar-refractivity contribution in [1.29, 1.82) is 0 Å². The lowest BCUT2D eigenvalue weighted by molar-refractivity contribution is 0.182. The van der Waals surface area contributed by atoms with Crippen LogP contribution in [0.15, 0.2) is 110 Å². The smallest absolute Gasteiger partial charge is 0.0459 e. The second kappa shape index (κ2) is 17.6. The fraction of sp³-hybridized carbons (Fsp3) is 0.424. The molecule has 318 valence electrons. The highest BCUT2D eigenvalue weighted by atomic mass is 31.0. The Morgan fingerprint density at radius 3 is 1.38 bits per heavy atom. The van der Waals surface area contributed by atoms with Crippen LogP contribution in [0.1, 0.15) is 162 Å². The van der Waals surface area contributed by atoms with Crippen molar-refractivity contribution in [2.45, 2.75) is 141 Å². The van der Waals surface area contributed by atoms with Gasteiger partial charge in [-0.15, -0.1) is 6.58 Å². The second-order valence-electron chi connectivity index (χ2n) is 20.1. The first-order chi connectivity index (χ1) is 29.1. The molecule has 4 aliphatic carbocycles. The van der Waals surface area contributed by atoms with Crippen LogP contribution in [0, 0.1) is 11.8 Å². The summed E-state index contributed by atoms with van der Waals surface area (Å²) in [7, 11) is 0. The van der Waals surface area contributed by atoms with E-state index in [9.17, 15) is 5.11 Å². The third kappa shape index (κ3) is 7.65. The first-order valence-corrected chi connectivity index (χ1v) is 23.7. The number of hydrogen-bond acceptors (Lipinski definition) is 1. The monoisotopic (exact) mass is 827 g/mol. The van der Waals surface area contributed by atoms with Gasteiger partial charge in [0, 0.05) is 17.4 Å². The van der Waals surface area contributed by atoms with Crippen molar-refractivity contribution in [3.8, 4) is 22.3 Å². The normalized spacial score (nSPS) is 21.7. The van der Waals surface area contributed by atoms with Gasteiger partial charge < -0.3 is 5.11 Å². The SMILES string of the molecule is C=CC1CCC(c2ccc3c(c2)C(C)(C)c2cccc4c(CCC)ccc-3c24)CC1.CCCc1ccc2c3c(cccc13)C(C)(C)c1cc(C3CCC(CO)CC3)ccc1-2.P. The molecule has 4 aliphatic rings. The molecule has 0 aromatic heterocycles. The minimum atomic E-state index is 0. The third-order valence-corrected chi connectivity index (χ3v) is 15.8. The van der Waals surface area contributed by atoms with Gasteiger partial charge in [0.25, 0.3) is 0 Å². The van der Waals surface area contributed by atoms with Crippen LogP contribution in [0.3, 0.4) is 0 Å². The van der Waals surface area contributed by atoms with Gasteiger partial charge in [-0.1, -0.05) is 158 Å². The highest BCUT2D eigenvalue weighted by Gasteiger charge is 2.36. The van der Waals surface area contributed by atoms with Gasteiger partial charge in [-0.3, -0.25) is 0 Å². The van der Waals surface area contributed by atoms with E-state index >= 15 is 0 Å². The summed E-state index contributed by atoms with van der Waals surface area (Å²) in [6, 6.07) is 38.1. The Kier molecular flexibility index (Phi) is 12.6. The van der Waals surface area contributed by atoms with Gasteiger partial charge in [-0.05, 0) is 176 Å². The molecule has 1 atom stereocenters. The van der Waals surface area contributed by atoms with Crippen molar-refractivity contribution >= 4 is 31.4 Å². The molecule has 0 aliphatic heterocycles. The Morgan fingerprint density at radius 2 is 0.967 bits per heavy atom. The Balaban J connectivity index is 0.000000166. The number of aliphatic hydroxyl groups is 1. The van der Waals surface area contributed by atoms with E-state index in [0.717, 1.165) is 31.6 Å². The van der Waals surface area contributed by atoms with Crippen molar-refractivity contribution in [3.05, 3.63) is 154 Å². The largest absolute Gasteiger partial charge is 0.396 e. The lowest BCUT2D eigenvalue weighted by Crippen LogP contribution is -2.24. The van der Waals surface area contributed by atoms with E-state index in [-0.39, 0.29) is 20.7 Å². The summed E-state index contributed by atoms with van der Waals surface area (Å²) in [4.78, 5) is 0. The first kappa shape index (κ1) is 43.6. The molecule has 0 amide bonds. The van der Waals surface area contributed by atoms with Crippen LogP contribution in [-0.4, -0.2) is 11.7 Å². The summed E-state index contributed by atoms with van der Waals surface area (Å²) < 4.78 is 0. The van der Waals surface area contributed by atoms with E-state index in [1.54, 1.807) is 5.56 Å². The van der Waals surface area contributed by atoms with Crippen LogP contribution in [0.5, 0.6) is 0 Å². The molecule has 1 unspecified atom stereocenters. The maximum atomic E-state index is 9.49. The molecule has 0 bridgehead atoms. The fourth-order valence-electron chi connectivity index (χ4n) is 12.2. The predicted octanol–water partition coefficient (Wildman–Crippen LogP) is 16.0. The summed E-state index contributed by atoms with van der Waals surface area (Å²) >= 11 is 0. The summed E-state index contributed by atoms with van der Waals surface area (Å²) in [5.74, 6) is 2.57. The number of benzene rings is 6. The van der Waals surface area contributed by atoms with Gasteiger partial charge in [-0.25, -0.2) is 0 Å². The minimum absolute atomic E-state index is 0. The number of aryl methyl sites for hydroxylation is 2. The molecule has 1 N–H and O–H groups in total. The standard InChI is InChI=1S/C30H34.C29H34O.H3P/c1-5-8-22-15-18-26-25-17-16-23(21-13-11-20(6-2)12-14-21)19-28(25)30(3,4)27-10-7-9-24(22)29(26)27;1-4-6-21-13-16-25-24-15-14-22(20-11-9-19(18-30)10-12-20)17-27(24)29(2,3)26-8-5-7-23(21)28(25)26;/h6-7,9-10,15-21H,2,5,8,11-14H2,1,3-4H3;5,7-8,13-17,19-20,30H,4,6,9-12,18H2,1-3H3;1H3. The van der Waals surface area contributed by atoms with Crippen molar-refractivity contribution in [3.63, 3.8) is 0 Å². The van der Waals surface area contributed by atoms with E-state index in [1.807, 2.05) is 0 Å². The molecule has 1 nitrogen and oxygen atoms in total. The van der Waals surface area contributed by atoms with E-state index < -0.39 is 0 Å². The van der Waals surface area contributed by atoms with Crippen LogP contribution >= 0.6 is 9.90 Å². The molecule has 10 rings (SSSR count). The third-order valence-electron chi connectivity index (χ3n) is 15.8. The van der Waals surface area contributed by atoms with E-state index in [2.05, 4.69) is 151 Å². The predicted molar refractivity (Wildman–Crippen MR) is 269 cm³/mol. The number of allylic oxidation sites excluding steroid dienone is 1. The quantitative estimate of drug-likeness (QED) is 0.120. The molecule has 6 aromatic rings. The van der Waals surface area contributed by atoms with Gasteiger partial charge >= 0.3 is 0 Å². The van der Waals surface area contributed by atoms with Crippen LogP contribution in [-0.2, 0) is 23.7 Å². The molecular weight excluding hydrogens is 756 g/mol. The molecule has 0 heterocycles. The molecule has 61 heavy (non-hydrogen) atoms. The number of aliphatic hydroxyl groups excluding tert-OH is 1. The Labute approximate surface area is 371 Å². The lowest BCUT2D eigenvalue weighted by atomic mass is 9.67. The highest BCUT2D eigenvalue weighted by molar-refractivity contribution is 6.92. The van der Waals surface area contributed by atoms with E-state index in [0.29, 0.717) is 24.4 Å². The van der Waals surface area contributed by atoms with Crippen molar-refractivity contribution in [1.82, 2.24) is 0 Å². The average Bonchev–Trinajstić information content (AvgIpc) is 3.28. The topological polar surface area (TPSA) is 20.2 Å². The maximum absolute atomic E-state index is 9.49. The van der Waals surface area contributed by atoms with Gasteiger partial charge in [0.15, 0.2) is 0 Å². The Morgan fingerprint density at radius 1 is 0.541 bits per heavy atom. The number of fused-ring (bicyclic) bond motifs is 4. The summed E-state index contributed by atoms with van der Waals surface area (Å²) in [6.45, 7) is 18.6. The molecule has 6 aromatic carbocycles. The Bertz CT molecular complexity index is 2560. The Hall–Kier alpha value is -4.03. The number of rotatable bonds is 8. The second-order valence-corrected chi connectivity index (χ2v) is 20.1. The zero-order valence-corrected chi connectivity index (χ0v) is 39.6. The molecule has 0 spiro atoms. The molecule has 0 radical (unpaired) electrons. The molecule has 2 heteroatoms. The summed E-state index contributed by atoms with van der Waals surface area (Å²) in [5.41, 5.74) is 17.7. The molecule has 2 saturated carbocycles. The van der Waals surface area contributed by atoms with Gasteiger partial charge in [0.1, 0.15) is 0 Å². The summed E-state index contributed by atoms with van der Waals surface area (Å²) in [6.07, 6.45) is 16.7. The van der Waals surface area contributed by atoms with E-state index in [4.69, 9.17) is 0 Å². The van der Waals surface area contributed by atoms with Crippen LogP contribution in [0.4, 0.5) is 0 Å². The lowest BCUT2D eigenvalue weighted by Gasteiger charge is -2.37. The number of hydrogen-bond donors (Lipinski definition) is 1. The zero-order chi connectivity index (χ0) is 41.8. The van der Waals surface area contributed by atoms with Crippen LogP contribution in [0.2, 0.25) is 0 Å². The zero-order valence-electron chi connectivity index (χ0n) is 38.2. The van der Waals surface area contributed by atoms with E-state index in [1.165, 1.54) is 134 Å². The first-order valence-electron chi connectivity index (χ1n) is 23.7. The van der Waals surface area contributed by atoms with Crippen molar-refractivity contribution in [2.75, 3.05) is 6.61 Å². The van der Waals surface area contributed by atoms with Gasteiger partial charge in [0.05, 0.1) is 0 Å². The maximum Gasteiger partial charge on any atom is 0.0459 e. The van der Waals surface area contributed by atoms with Gasteiger partial charge in [-0.2, -0.15) is 9.90 Å². The average molecular weight is 827 g/mol. The molecular formula is C59H71OP. The highest BCUT2D eigenvalue weighted by Crippen LogP contribution is 2.52. The summed E-state index contributed by atoms with van der Waals surface area (Å²) in [5, 5.41) is 15.3. The van der Waals surface area contributed by atoms with Crippen molar-refractivity contribution < 1.29 is 5.11 Å². The molecule has 0 saturated heterocycles.